The second kappa shape index (κ2) is 4.81. The van der Waals surface area contributed by atoms with Crippen molar-refractivity contribution in [3.05, 3.63) is 35.9 Å². The van der Waals surface area contributed by atoms with Crippen LogP contribution in [0.5, 0.6) is 0 Å². The van der Waals surface area contributed by atoms with E-state index in [1.165, 1.54) is 31.2 Å². The summed E-state index contributed by atoms with van der Waals surface area (Å²) in [6.45, 7) is 4.69. The quantitative estimate of drug-likeness (QED) is 0.838. The minimum absolute atomic E-state index is 0.0289. The van der Waals surface area contributed by atoms with Crippen LogP contribution in [0.4, 0.5) is 0 Å². The smallest absolute Gasteiger partial charge is 0.0209 e. The summed E-state index contributed by atoms with van der Waals surface area (Å²) in [5, 5.41) is 0. The highest BCUT2D eigenvalue weighted by atomic mass is 14.8. The molecular formula is C16H25N. The van der Waals surface area contributed by atoms with Crippen LogP contribution in [0, 0.1) is 5.41 Å². The van der Waals surface area contributed by atoms with Crippen LogP contribution in [0.3, 0.4) is 0 Å². The van der Waals surface area contributed by atoms with Gasteiger partial charge in [0, 0.05) is 5.54 Å². The zero-order valence-electron chi connectivity index (χ0n) is 11.2. The lowest BCUT2D eigenvalue weighted by Crippen LogP contribution is -2.54. The highest BCUT2D eigenvalue weighted by molar-refractivity contribution is 5.16. The van der Waals surface area contributed by atoms with E-state index in [-0.39, 0.29) is 5.54 Å². The molecule has 1 nitrogen and oxygen atoms in total. The van der Waals surface area contributed by atoms with Crippen molar-refractivity contribution >= 4 is 0 Å². The van der Waals surface area contributed by atoms with E-state index in [1.807, 2.05) is 0 Å². The fourth-order valence-corrected chi connectivity index (χ4v) is 3.07. The maximum atomic E-state index is 6.68. The largest absolute Gasteiger partial charge is 0.325 e. The molecule has 2 rings (SSSR count). The molecule has 0 radical (unpaired) electrons. The molecule has 94 valence electrons. The van der Waals surface area contributed by atoms with Crippen molar-refractivity contribution in [2.75, 3.05) is 0 Å². The minimum Gasteiger partial charge on any atom is -0.325 e. The molecule has 1 aromatic rings. The Morgan fingerprint density at radius 1 is 1.06 bits per heavy atom. The summed E-state index contributed by atoms with van der Waals surface area (Å²) < 4.78 is 0. The molecule has 0 saturated heterocycles. The number of hydrogen-bond donors (Lipinski definition) is 1. The normalized spacial score (nSPS) is 27.9. The van der Waals surface area contributed by atoms with Crippen LogP contribution in [0.25, 0.3) is 0 Å². The number of nitrogens with two attached hydrogens (primary N) is 1. The van der Waals surface area contributed by atoms with E-state index in [0.29, 0.717) is 5.41 Å². The van der Waals surface area contributed by atoms with Gasteiger partial charge in [-0.1, -0.05) is 57.0 Å². The van der Waals surface area contributed by atoms with Crippen molar-refractivity contribution in [1.29, 1.82) is 0 Å². The summed E-state index contributed by atoms with van der Waals surface area (Å²) in [5.74, 6) is 0. The Balaban J connectivity index is 2.02. The van der Waals surface area contributed by atoms with E-state index in [9.17, 15) is 0 Å². The predicted octanol–water partition coefficient (Wildman–Crippen LogP) is 3.92. The van der Waals surface area contributed by atoms with Crippen LogP contribution in [-0.4, -0.2) is 5.54 Å². The molecule has 1 saturated carbocycles. The molecule has 0 aliphatic heterocycles. The van der Waals surface area contributed by atoms with Crippen LogP contribution >= 0.6 is 0 Å². The average molecular weight is 231 g/mol. The molecule has 2 N–H and O–H groups in total. The lowest BCUT2D eigenvalue weighted by molar-refractivity contribution is 0.0910. The zero-order chi connectivity index (χ0) is 12.4. The fourth-order valence-electron chi connectivity index (χ4n) is 3.07. The third kappa shape index (κ3) is 2.71. The second-order valence-corrected chi connectivity index (χ2v) is 6.23. The number of aryl methyl sites for hydroxylation is 1. The SMILES string of the molecule is CC1(C)CCCCC1(N)CCc1ccccc1. The Morgan fingerprint density at radius 3 is 2.35 bits per heavy atom. The summed E-state index contributed by atoms with van der Waals surface area (Å²) in [5.41, 5.74) is 8.42. The first-order valence-electron chi connectivity index (χ1n) is 6.86. The van der Waals surface area contributed by atoms with Gasteiger partial charge in [-0.15, -0.1) is 0 Å². The van der Waals surface area contributed by atoms with E-state index < -0.39 is 0 Å². The third-order valence-corrected chi connectivity index (χ3v) is 4.73. The van der Waals surface area contributed by atoms with Crippen molar-refractivity contribution in [2.24, 2.45) is 11.1 Å². The van der Waals surface area contributed by atoms with Gasteiger partial charge in [-0.05, 0) is 36.7 Å². The highest BCUT2D eigenvalue weighted by Gasteiger charge is 2.42. The number of benzene rings is 1. The van der Waals surface area contributed by atoms with Crippen molar-refractivity contribution in [1.82, 2.24) is 0 Å². The first-order valence-corrected chi connectivity index (χ1v) is 6.86. The van der Waals surface area contributed by atoms with Gasteiger partial charge in [0.25, 0.3) is 0 Å². The van der Waals surface area contributed by atoms with Gasteiger partial charge < -0.3 is 5.73 Å². The van der Waals surface area contributed by atoms with Gasteiger partial charge in [-0.2, -0.15) is 0 Å². The molecule has 1 unspecified atom stereocenters. The molecule has 0 heterocycles. The van der Waals surface area contributed by atoms with Crippen LogP contribution in [0.1, 0.15) is 51.5 Å². The average Bonchev–Trinajstić information content (AvgIpc) is 2.32. The Labute approximate surface area is 105 Å². The fraction of sp³-hybridized carbons (Fsp3) is 0.625. The molecular weight excluding hydrogens is 206 g/mol. The second-order valence-electron chi connectivity index (χ2n) is 6.23. The molecule has 1 aromatic carbocycles. The van der Waals surface area contributed by atoms with E-state index in [0.717, 1.165) is 12.8 Å². The van der Waals surface area contributed by atoms with E-state index in [2.05, 4.69) is 44.2 Å². The maximum absolute atomic E-state index is 6.68. The third-order valence-electron chi connectivity index (χ3n) is 4.73. The molecule has 17 heavy (non-hydrogen) atoms. The van der Waals surface area contributed by atoms with Crippen molar-refractivity contribution in [3.63, 3.8) is 0 Å². The van der Waals surface area contributed by atoms with Crippen molar-refractivity contribution < 1.29 is 0 Å². The van der Waals surface area contributed by atoms with Crippen LogP contribution in [0.2, 0.25) is 0 Å². The molecule has 0 spiro atoms. The Kier molecular flexibility index (Phi) is 3.58. The molecule has 1 fully saturated rings. The Hall–Kier alpha value is -0.820. The van der Waals surface area contributed by atoms with Crippen LogP contribution in [-0.2, 0) is 6.42 Å². The lowest BCUT2D eigenvalue weighted by atomic mass is 9.62. The number of rotatable bonds is 3. The maximum Gasteiger partial charge on any atom is 0.0209 e. The van der Waals surface area contributed by atoms with E-state index in [4.69, 9.17) is 5.73 Å². The Bertz CT molecular complexity index is 355. The van der Waals surface area contributed by atoms with Crippen LogP contribution < -0.4 is 5.73 Å². The summed E-state index contributed by atoms with van der Waals surface area (Å²) in [4.78, 5) is 0. The molecule has 0 aromatic heterocycles. The summed E-state index contributed by atoms with van der Waals surface area (Å²) in [6, 6.07) is 10.7. The van der Waals surface area contributed by atoms with Gasteiger partial charge in [-0.25, -0.2) is 0 Å². The van der Waals surface area contributed by atoms with Gasteiger partial charge in [0.1, 0.15) is 0 Å². The Morgan fingerprint density at radius 2 is 1.71 bits per heavy atom. The number of hydrogen-bond acceptors (Lipinski definition) is 1. The lowest BCUT2D eigenvalue weighted by Gasteiger charge is -2.48. The standard InChI is InChI=1S/C16H25N/c1-15(2)11-6-7-12-16(15,17)13-10-14-8-4-3-5-9-14/h3-5,8-9H,6-7,10-13,17H2,1-2H3. The first-order chi connectivity index (χ1) is 8.04. The summed E-state index contributed by atoms with van der Waals surface area (Å²) in [7, 11) is 0. The van der Waals surface area contributed by atoms with Gasteiger partial charge in [0.2, 0.25) is 0 Å². The van der Waals surface area contributed by atoms with Crippen molar-refractivity contribution in [3.8, 4) is 0 Å². The van der Waals surface area contributed by atoms with Gasteiger partial charge in [-0.3, -0.25) is 0 Å². The zero-order valence-corrected chi connectivity index (χ0v) is 11.2. The predicted molar refractivity (Wildman–Crippen MR) is 73.9 cm³/mol. The van der Waals surface area contributed by atoms with Gasteiger partial charge in [0.15, 0.2) is 0 Å². The van der Waals surface area contributed by atoms with E-state index in [1.54, 1.807) is 0 Å². The van der Waals surface area contributed by atoms with E-state index >= 15 is 0 Å². The topological polar surface area (TPSA) is 26.0 Å². The molecule has 1 aliphatic rings. The summed E-state index contributed by atoms with van der Waals surface area (Å²) >= 11 is 0. The minimum atomic E-state index is 0.0289. The van der Waals surface area contributed by atoms with Gasteiger partial charge >= 0.3 is 0 Å². The van der Waals surface area contributed by atoms with Crippen molar-refractivity contribution in [2.45, 2.75) is 57.9 Å². The molecule has 1 heteroatoms. The highest BCUT2D eigenvalue weighted by Crippen LogP contribution is 2.44. The molecule has 1 aliphatic carbocycles. The molecule has 1 atom stereocenters. The summed E-state index contributed by atoms with van der Waals surface area (Å²) in [6.07, 6.45) is 7.34. The molecule has 0 amide bonds. The molecule has 0 bridgehead atoms. The first kappa shape index (κ1) is 12.6. The van der Waals surface area contributed by atoms with Gasteiger partial charge in [0.05, 0.1) is 0 Å². The monoisotopic (exact) mass is 231 g/mol. The van der Waals surface area contributed by atoms with Crippen LogP contribution in [0.15, 0.2) is 30.3 Å².